The number of hydrogen-bond donors (Lipinski definition) is 5. The zero-order chi connectivity index (χ0) is 13.6. The standard InChI is InChI=1S/C8H11NO8.2H3N/c10-5(11)1-3(7(14)15)9-4(8(16)17)2-6(12)13;;/h3-4,9H,1-2H2,(H,10,11)(H,12,13)(H,14,15)(H,16,17);2*1H3/t3-,4-;;/m0../s1. The zero-order valence-corrected chi connectivity index (χ0v) is 10.4. The molecule has 0 saturated heterocycles. The van der Waals surface area contributed by atoms with Gasteiger partial charge in [-0.15, -0.1) is 0 Å². The van der Waals surface area contributed by atoms with Crippen LogP contribution in [0.2, 0.25) is 0 Å². The van der Waals surface area contributed by atoms with Gasteiger partial charge in [0.2, 0.25) is 0 Å². The lowest BCUT2D eigenvalue weighted by molar-refractivity contribution is -0.317. The van der Waals surface area contributed by atoms with Crippen LogP contribution in [0.4, 0.5) is 0 Å². The van der Waals surface area contributed by atoms with Crippen LogP contribution in [0.15, 0.2) is 0 Å². The van der Waals surface area contributed by atoms with Crippen LogP contribution in [-0.2, 0) is 19.2 Å². The van der Waals surface area contributed by atoms with E-state index >= 15 is 0 Å². The molecule has 2 atom stereocenters. The molecule has 0 heterocycles. The summed E-state index contributed by atoms with van der Waals surface area (Å²) in [5.41, 5.74) is 0. The lowest BCUT2D eigenvalue weighted by Crippen LogP contribution is -2.54. The molecule has 0 aliphatic heterocycles. The van der Waals surface area contributed by atoms with E-state index in [1.165, 1.54) is 0 Å². The Hall–Kier alpha value is -2.24. The van der Waals surface area contributed by atoms with E-state index in [0.717, 1.165) is 0 Å². The van der Waals surface area contributed by atoms with E-state index in [1.807, 2.05) is 5.32 Å². The predicted octanol–water partition coefficient (Wildman–Crippen LogP) is -3.49. The van der Waals surface area contributed by atoms with E-state index in [0.29, 0.717) is 0 Å². The summed E-state index contributed by atoms with van der Waals surface area (Å²) in [5.74, 6) is -6.68. The van der Waals surface area contributed by atoms with Crippen molar-refractivity contribution >= 4 is 23.9 Å². The first-order valence-corrected chi connectivity index (χ1v) is 4.35. The van der Waals surface area contributed by atoms with Gasteiger partial charge in [-0.3, -0.25) is 14.9 Å². The zero-order valence-electron chi connectivity index (χ0n) is 10.4. The fraction of sp³-hybridized carbons (Fsp3) is 0.500. The van der Waals surface area contributed by atoms with Gasteiger partial charge in [-0.05, 0) is 0 Å². The Morgan fingerprint density at radius 2 is 1.42 bits per heavy atom. The molecule has 0 unspecified atom stereocenters. The third-order valence-corrected chi connectivity index (χ3v) is 1.73. The highest BCUT2D eigenvalue weighted by atomic mass is 16.4. The number of quaternary nitrogens is 2. The molecule has 0 aliphatic carbocycles. The normalized spacial score (nSPS) is 12.2. The molecule has 0 rings (SSSR count). The van der Waals surface area contributed by atoms with Gasteiger partial charge in [0.1, 0.15) is 6.04 Å². The van der Waals surface area contributed by atoms with E-state index in [4.69, 9.17) is 10.2 Å². The Morgan fingerprint density at radius 3 is 1.68 bits per heavy atom. The Bertz CT molecular complexity index is 313. The Labute approximate surface area is 107 Å². The van der Waals surface area contributed by atoms with Gasteiger partial charge in [0, 0.05) is 12.4 Å². The van der Waals surface area contributed by atoms with Crippen molar-refractivity contribution < 1.29 is 39.6 Å². The van der Waals surface area contributed by atoms with Crippen molar-refractivity contribution in [2.45, 2.75) is 24.9 Å². The number of hydrogen-bond acceptors (Lipinski definition) is 7. The maximum absolute atomic E-state index is 10.6. The number of carboxylic acid groups (broad SMARTS) is 4. The molecule has 11 N–H and O–H groups in total. The van der Waals surface area contributed by atoms with Crippen LogP contribution in [0.5, 0.6) is 0 Å². The first kappa shape index (κ1) is 22.0. The van der Waals surface area contributed by atoms with E-state index in [1.54, 1.807) is 0 Å². The summed E-state index contributed by atoms with van der Waals surface area (Å²) in [5, 5.41) is 39.5. The van der Waals surface area contributed by atoms with E-state index < -0.39 is 48.8 Å². The molecule has 11 heteroatoms. The van der Waals surface area contributed by atoms with Crippen LogP contribution in [0.3, 0.4) is 0 Å². The van der Waals surface area contributed by atoms with E-state index in [-0.39, 0.29) is 12.3 Å². The van der Waals surface area contributed by atoms with E-state index in [2.05, 4.69) is 0 Å². The smallest absolute Gasteiger partial charge is 0.321 e. The van der Waals surface area contributed by atoms with Crippen LogP contribution in [-0.4, -0.2) is 46.2 Å². The monoisotopic (exact) mass is 283 g/mol. The number of carbonyl (C=O) groups is 4. The quantitative estimate of drug-likeness (QED) is 0.296. The maximum atomic E-state index is 10.6. The van der Waals surface area contributed by atoms with E-state index in [9.17, 15) is 29.4 Å². The number of carboxylic acids is 4. The predicted molar refractivity (Wildman–Crippen MR) is 57.2 cm³/mol. The Kier molecular flexibility index (Phi) is 11.3. The molecule has 11 nitrogen and oxygen atoms in total. The second-order valence-electron chi connectivity index (χ2n) is 3.10. The molecule has 0 fully saturated rings. The first-order chi connectivity index (χ1) is 7.73. The topological polar surface area (TPSA) is 240 Å². The van der Waals surface area contributed by atoms with Gasteiger partial charge < -0.3 is 42.3 Å². The molecule has 0 radical (unpaired) electrons. The van der Waals surface area contributed by atoms with Gasteiger partial charge in [0.25, 0.3) is 0 Å². The van der Waals surface area contributed by atoms with Crippen molar-refractivity contribution in [2.24, 2.45) is 0 Å². The molecular formula is C8H17N3O8. The molecule has 0 saturated carbocycles. The molecule has 0 amide bonds. The third kappa shape index (κ3) is 9.46. The summed E-state index contributed by atoms with van der Waals surface area (Å²) in [7, 11) is 0. The molecule has 0 aromatic carbocycles. The minimum Gasteiger partial charge on any atom is -0.550 e. The molecule has 112 valence electrons. The minimum absolute atomic E-state index is 0. The summed E-state index contributed by atoms with van der Waals surface area (Å²) < 4.78 is 0. The van der Waals surface area contributed by atoms with Crippen LogP contribution < -0.4 is 27.8 Å². The number of nitrogens with one attached hydrogen (secondary N) is 1. The second kappa shape index (κ2) is 9.76. The third-order valence-electron chi connectivity index (χ3n) is 1.73. The van der Waals surface area contributed by atoms with Crippen molar-refractivity contribution in [3.05, 3.63) is 0 Å². The van der Waals surface area contributed by atoms with Crippen molar-refractivity contribution in [1.29, 1.82) is 0 Å². The van der Waals surface area contributed by atoms with Gasteiger partial charge in [-0.2, -0.15) is 0 Å². The summed E-state index contributed by atoms with van der Waals surface area (Å²) >= 11 is 0. The van der Waals surface area contributed by atoms with Gasteiger partial charge in [0.15, 0.2) is 0 Å². The largest absolute Gasteiger partial charge is 0.550 e. The van der Waals surface area contributed by atoms with Gasteiger partial charge >= 0.3 is 11.9 Å². The first-order valence-electron chi connectivity index (χ1n) is 4.35. The summed E-state index contributed by atoms with van der Waals surface area (Å²) in [6.07, 6.45) is -1.92. The molecular weight excluding hydrogens is 266 g/mol. The summed E-state index contributed by atoms with van der Waals surface area (Å²) in [4.78, 5) is 41.5. The van der Waals surface area contributed by atoms with Crippen molar-refractivity contribution in [1.82, 2.24) is 17.6 Å². The molecule has 0 aromatic heterocycles. The molecule has 0 bridgehead atoms. The fourth-order valence-electron chi connectivity index (χ4n) is 1.01. The molecule has 0 spiro atoms. The summed E-state index contributed by atoms with van der Waals surface area (Å²) in [6.45, 7) is 0. The van der Waals surface area contributed by atoms with Crippen molar-refractivity contribution in [3.63, 3.8) is 0 Å². The average molecular weight is 283 g/mol. The number of carbonyl (C=O) groups excluding carboxylic acids is 2. The fourth-order valence-corrected chi connectivity index (χ4v) is 1.01. The lowest BCUT2D eigenvalue weighted by Gasteiger charge is -2.23. The van der Waals surface area contributed by atoms with Crippen LogP contribution in [0.25, 0.3) is 0 Å². The number of rotatable bonds is 8. The Morgan fingerprint density at radius 1 is 0.947 bits per heavy atom. The maximum Gasteiger partial charge on any atom is 0.321 e. The highest BCUT2D eigenvalue weighted by molar-refractivity contribution is 5.83. The van der Waals surface area contributed by atoms with Crippen molar-refractivity contribution in [3.8, 4) is 0 Å². The second-order valence-corrected chi connectivity index (χ2v) is 3.10. The molecule has 0 aliphatic rings. The highest BCUT2D eigenvalue weighted by Gasteiger charge is 2.24. The average Bonchev–Trinajstić information content (AvgIpc) is 2.13. The lowest BCUT2D eigenvalue weighted by atomic mass is 10.1. The summed E-state index contributed by atoms with van der Waals surface area (Å²) in [6, 6.07) is -3.56. The highest BCUT2D eigenvalue weighted by Crippen LogP contribution is 1.98. The van der Waals surface area contributed by atoms with Crippen LogP contribution in [0, 0.1) is 0 Å². The van der Waals surface area contributed by atoms with Crippen molar-refractivity contribution in [2.75, 3.05) is 0 Å². The van der Waals surface area contributed by atoms with Crippen LogP contribution in [0.1, 0.15) is 12.8 Å². The molecule has 0 aromatic rings. The minimum atomic E-state index is -1.86. The number of aliphatic carboxylic acids is 4. The molecule has 19 heavy (non-hydrogen) atoms. The van der Waals surface area contributed by atoms with Gasteiger partial charge in [0.05, 0.1) is 18.4 Å². The van der Waals surface area contributed by atoms with Gasteiger partial charge in [-0.1, -0.05) is 0 Å². The SMILES string of the molecule is O=C([O-])C[C@H](N[C@@H](CC(=O)O)C(=O)O)C(=O)[O-].[NH4+].[NH4+]. The Balaban J connectivity index is -0.00000128. The van der Waals surface area contributed by atoms with Gasteiger partial charge in [-0.25, -0.2) is 0 Å². The van der Waals surface area contributed by atoms with Crippen LogP contribution >= 0.6 is 0 Å².